The quantitative estimate of drug-likeness (QED) is 0.623. The van der Waals surface area contributed by atoms with Crippen LogP contribution in [0.4, 0.5) is 5.69 Å². The molecule has 0 amide bonds. The van der Waals surface area contributed by atoms with Crippen molar-refractivity contribution < 1.29 is 14.3 Å². The molecule has 0 aliphatic carbocycles. The van der Waals surface area contributed by atoms with Gasteiger partial charge in [-0.2, -0.15) is 0 Å². The van der Waals surface area contributed by atoms with Gasteiger partial charge < -0.3 is 15.2 Å². The first-order chi connectivity index (χ1) is 8.62. The maximum absolute atomic E-state index is 11.8. The lowest BCUT2D eigenvalue weighted by Gasteiger charge is -2.13. The highest BCUT2D eigenvalue weighted by atomic mass is 16.5. The van der Waals surface area contributed by atoms with E-state index in [0.29, 0.717) is 29.5 Å². The van der Waals surface area contributed by atoms with Crippen molar-refractivity contribution in [1.82, 2.24) is 0 Å². The van der Waals surface area contributed by atoms with E-state index < -0.39 is 0 Å². The average Bonchev–Trinajstić information content (AvgIpc) is 2.40. The van der Waals surface area contributed by atoms with Crippen LogP contribution in [0.15, 0.2) is 18.2 Å². The molecule has 0 aliphatic heterocycles. The van der Waals surface area contributed by atoms with Crippen LogP contribution < -0.4 is 10.5 Å². The first-order valence-electron chi connectivity index (χ1n) is 6.22. The van der Waals surface area contributed by atoms with E-state index >= 15 is 0 Å². The van der Waals surface area contributed by atoms with E-state index in [2.05, 4.69) is 13.8 Å². The van der Waals surface area contributed by atoms with Crippen molar-refractivity contribution in [3.8, 4) is 5.75 Å². The van der Waals surface area contributed by atoms with E-state index in [4.69, 9.17) is 15.2 Å². The molecular weight excluding hydrogens is 230 g/mol. The number of carbonyl (C=O) groups excluding carboxylic acids is 1. The number of nitrogen functional groups attached to an aromatic ring is 1. The van der Waals surface area contributed by atoms with Crippen molar-refractivity contribution in [2.45, 2.75) is 26.7 Å². The summed E-state index contributed by atoms with van der Waals surface area (Å²) in [5.41, 5.74) is 6.66. The van der Waals surface area contributed by atoms with Gasteiger partial charge in [0.05, 0.1) is 25.0 Å². The zero-order valence-electron chi connectivity index (χ0n) is 11.2. The van der Waals surface area contributed by atoms with Gasteiger partial charge in [0.1, 0.15) is 5.75 Å². The standard InChI is InChI=1S/C14H21NO3/c1-4-10(5-2)9-18-14(16)11-6-7-12(15)13(8-11)17-3/h6-8,10H,4-5,9,15H2,1-3H3. The summed E-state index contributed by atoms with van der Waals surface area (Å²) in [6.45, 7) is 4.64. The molecule has 0 fully saturated rings. The number of rotatable bonds is 6. The monoisotopic (exact) mass is 251 g/mol. The molecule has 1 aromatic carbocycles. The molecule has 1 rings (SSSR count). The Bertz CT molecular complexity index is 400. The second-order valence-corrected chi connectivity index (χ2v) is 4.24. The Kier molecular flexibility index (Phi) is 5.49. The van der Waals surface area contributed by atoms with Crippen LogP contribution in [0.25, 0.3) is 0 Å². The molecule has 0 atom stereocenters. The summed E-state index contributed by atoms with van der Waals surface area (Å²) in [6.07, 6.45) is 2.02. The zero-order valence-corrected chi connectivity index (χ0v) is 11.2. The average molecular weight is 251 g/mol. The molecule has 0 heterocycles. The van der Waals surface area contributed by atoms with Gasteiger partial charge in [-0.3, -0.25) is 0 Å². The molecule has 4 nitrogen and oxygen atoms in total. The van der Waals surface area contributed by atoms with Crippen LogP contribution in [-0.4, -0.2) is 19.7 Å². The number of ether oxygens (including phenoxy) is 2. The summed E-state index contributed by atoms with van der Waals surface area (Å²) < 4.78 is 10.3. The molecule has 100 valence electrons. The normalized spacial score (nSPS) is 10.4. The number of hydrogen-bond acceptors (Lipinski definition) is 4. The van der Waals surface area contributed by atoms with Crippen LogP contribution in [0.3, 0.4) is 0 Å². The highest BCUT2D eigenvalue weighted by Crippen LogP contribution is 2.22. The fourth-order valence-corrected chi connectivity index (χ4v) is 1.64. The molecular formula is C14H21NO3. The van der Waals surface area contributed by atoms with E-state index in [1.54, 1.807) is 18.2 Å². The second-order valence-electron chi connectivity index (χ2n) is 4.24. The van der Waals surface area contributed by atoms with Gasteiger partial charge in [-0.1, -0.05) is 26.7 Å². The summed E-state index contributed by atoms with van der Waals surface area (Å²) in [5.74, 6) is 0.580. The van der Waals surface area contributed by atoms with Crippen LogP contribution in [0.2, 0.25) is 0 Å². The first-order valence-corrected chi connectivity index (χ1v) is 6.22. The van der Waals surface area contributed by atoms with Gasteiger partial charge in [0.15, 0.2) is 0 Å². The molecule has 0 bridgehead atoms. The molecule has 0 aromatic heterocycles. The van der Waals surface area contributed by atoms with Gasteiger partial charge in [-0.15, -0.1) is 0 Å². The van der Waals surface area contributed by atoms with Crippen molar-refractivity contribution in [2.24, 2.45) is 5.92 Å². The predicted octanol–water partition coefficient (Wildman–Crippen LogP) is 2.87. The maximum Gasteiger partial charge on any atom is 0.338 e. The largest absolute Gasteiger partial charge is 0.495 e. The number of methoxy groups -OCH3 is 1. The van der Waals surface area contributed by atoms with Crippen LogP contribution in [-0.2, 0) is 4.74 Å². The van der Waals surface area contributed by atoms with Gasteiger partial charge >= 0.3 is 5.97 Å². The number of benzene rings is 1. The van der Waals surface area contributed by atoms with Crippen molar-refractivity contribution in [2.75, 3.05) is 19.5 Å². The van der Waals surface area contributed by atoms with E-state index in [1.807, 2.05) is 0 Å². The van der Waals surface area contributed by atoms with Crippen molar-refractivity contribution >= 4 is 11.7 Å². The van der Waals surface area contributed by atoms with Gasteiger partial charge in [-0.05, 0) is 24.1 Å². The van der Waals surface area contributed by atoms with Crippen LogP contribution in [0, 0.1) is 5.92 Å². The number of hydrogen-bond donors (Lipinski definition) is 1. The lowest BCUT2D eigenvalue weighted by molar-refractivity contribution is 0.0433. The fraction of sp³-hybridized carbons (Fsp3) is 0.500. The minimum atomic E-state index is -0.333. The van der Waals surface area contributed by atoms with Crippen molar-refractivity contribution in [3.05, 3.63) is 23.8 Å². The van der Waals surface area contributed by atoms with Crippen LogP contribution in [0.5, 0.6) is 5.75 Å². The second kappa shape index (κ2) is 6.89. The summed E-state index contributed by atoms with van der Waals surface area (Å²) in [7, 11) is 1.52. The van der Waals surface area contributed by atoms with E-state index in [-0.39, 0.29) is 5.97 Å². The Morgan fingerprint density at radius 1 is 1.33 bits per heavy atom. The fourth-order valence-electron chi connectivity index (χ4n) is 1.64. The third-order valence-corrected chi connectivity index (χ3v) is 3.07. The van der Waals surface area contributed by atoms with Crippen molar-refractivity contribution in [3.63, 3.8) is 0 Å². The molecule has 0 unspecified atom stereocenters. The van der Waals surface area contributed by atoms with Crippen LogP contribution in [0.1, 0.15) is 37.0 Å². The number of esters is 1. The topological polar surface area (TPSA) is 61.5 Å². The Labute approximate surface area is 108 Å². The first kappa shape index (κ1) is 14.4. The van der Waals surface area contributed by atoms with E-state index in [0.717, 1.165) is 12.8 Å². The van der Waals surface area contributed by atoms with Gasteiger partial charge in [0, 0.05) is 0 Å². The molecule has 0 aliphatic rings. The molecule has 2 N–H and O–H groups in total. The number of anilines is 1. The van der Waals surface area contributed by atoms with Gasteiger partial charge in [-0.25, -0.2) is 4.79 Å². The van der Waals surface area contributed by atoms with Crippen molar-refractivity contribution in [1.29, 1.82) is 0 Å². The Balaban J connectivity index is 2.67. The smallest absolute Gasteiger partial charge is 0.338 e. The Morgan fingerprint density at radius 3 is 2.56 bits per heavy atom. The molecule has 18 heavy (non-hydrogen) atoms. The minimum absolute atomic E-state index is 0.333. The molecule has 4 heteroatoms. The summed E-state index contributed by atoms with van der Waals surface area (Å²) >= 11 is 0. The molecule has 0 saturated carbocycles. The minimum Gasteiger partial charge on any atom is -0.495 e. The maximum atomic E-state index is 11.8. The Hall–Kier alpha value is -1.71. The summed E-state index contributed by atoms with van der Waals surface area (Å²) in [6, 6.07) is 4.89. The Morgan fingerprint density at radius 2 is 2.00 bits per heavy atom. The molecule has 1 aromatic rings. The third kappa shape index (κ3) is 3.65. The third-order valence-electron chi connectivity index (χ3n) is 3.07. The molecule has 0 radical (unpaired) electrons. The predicted molar refractivity (Wildman–Crippen MR) is 71.8 cm³/mol. The van der Waals surface area contributed by atoms with E-state index in [1.165, 1.54) is 7.11 Å². The number of nitrogens with two attached hydrogens (primary N) is 1. The van der Waals surface area contributed by atoms with E-state index in [9.17, 15) is 4.79 Å². The molecule has 0 spiro atoms. The van der Waals surface area contributed by atoms with Gasteiger partial charge in [0.2, 0.25) is 0 Å². The highest BCUT2D eigenvalue weighted by molar-refractivity contribution is 5.90. The number of carbonyl (C=O) groups is 1. The SMILES string of the molecule is CCC(CC)COC(=O)c1ccc(N)c(OC)c1. The molecule has 0 saturated heterocycles. The van der Waals surface area contributed by atoms with Gasteiger partial charge in [0.25, 0.3) is 0 Å². The summed E-state index contributed by atoms with van der Waals surface area (Å²) in [4.78, 5) is 11.8. The summed E-state index contributed by atoms with van der Waals surface area (Å²) in [5, 5.41) is 0. The lowest BCUT2D eigenvalue weighted by Crippen LogP contribution is -2.13. The van der Waals surface area contributed by atoms with Crippen LogP contribution >= 0.6 is 0 Å². The lowest BCUT2D eigenvalue weighted by atomic mass is 10.1. The zero-order chi connectivity index (χ0) is 13.5. The highest BCUT2D eigenvalue weighted by Gasteiger charge is 2.12.